The summed E-state index contributed by atoms with van der Waals surface area (Å²) in [6, 6.07) is 14.4. The standard InChI is InChI=1S/C24H28N2O8S/c1-33-21(23(28)29)13-25-22(27)20(11-12-35(2,31)32)26-24(30)34-14-19-17-9-5-3-7-15(17)16-8-4-6-10-18(16)19/h3-10,19-21H,11-14H2,1-2H3,(H,25,27)(H,26,30)(H,28,29). The number of ether oxygens (including phenoxy) is 2. The molecule has 2 aromatic carbocycles. The Morgan fingerprint density at radius 3 is 2.11 bits per heavy atom. The van der Waals surface area contributed by atoms with E-state index in [0.717, 1.165) is 28.5 Å². The van der Waals surface area contributed by atoms with Gasteiger partial charge >= 0.3 is 12.1 Å². The van der Waals surface area contributed by atoms with Gasteiger partial charge in [0.15, 0.2) is 6.10 Å². The van der Waals surface area contributed by atoms with Crippen LogP contribution in [0.25, 0.3) is 11.1 Å². The van der Waals surface area contributed by atoms with Gasteiger partial charge in [0.1, 0.15) is 22.5 Å². The minimum atomic E-state index is -3.42. The van der Waals surface area contributed by atoms with E-state index in [9.17, 15) is 22.8 Å². The van der Waals surface area contributed by atoms with Gasteiger partial charge < -0.3 is 25.2 Å². The van der Waals surface area contributed by atoms with Crippen molar-refractivity contribution < 1.29 is 37.4 Å². The minimum Gasteiger partial charge on any atom is -0.479 e. The van der Waals surface area contributed by atoms with E-state index in [1.165, 1.54) is 7.11 Å². The van der Waals surface area contributed by atoms with Gasteiger partial charge in [-0.2, -0.15) is 0 Å². The first kappa shape index (κ1) is 26.2. The number of carboxylic acid groups (broad SMARTS) is 1. The number of sulfone groups is 1. The topological polar surface area (TPSA) is 148 Å². The van der Waals surface area contributed by atoms with Crippen molar-refractivity contribution >= 4 is 27.8 Å². The van der Waals surface area contributed by atoms with Crippen molar-refractivity contribution in [3.05, 3.63) is 59.7 Å². The number of nitrogens with one attached hydrogen (secondary N) is 2. The van der Waals surface area contributed by atoms with Crippen LogP contribution in [-0.2, 0) is 28.9 Å². The molecule has 0 bridgehead atoms. The summed E-state index contributed by atoms with van der Waals surface area (Å²) < 4.78 is 33.4. The van der Waals surface area contributed by atoms with Crippen molar-refractivity contribution in [1.29, 1.82) is 0 Å². The lowest BCUT2D eigenvalue weighted by Gasteiger charge is -2.20. The maximum atomic E-state index is 12.6. The molecule has 0 saturated carbocycles. The second-order valence-corrected chi connectivity index (χ2v) is 10.5. The van der Waals surface area contributed by atoms with Crippen molar-refractivity contribution in [3.63, 3.8) is 0 Å². The molecule has 3 rings (SSSR count). The van der Waals surface area contributed by atoms with E-state index in [2.05, 4.69) is 10.6 Å². The first-order valence-electron chi connectivity index (χ1n) is 10.9. The van der Waals surface area contributed by atoms with Gasteiger partial charge in [-0.3, -0.25) is 4.79 Å². The Morgan fingerprint density at radius 1 is 1.03 bits per heavy atom. The molecule has 35 heavy (non-hydrogen) atoms. The van der Waals surface area contributed by atoms with Gasteiger partial charge in [0.05, 0.1) is 12.3 Å². The Kier molecular flexibility index (Phi) is 8.47. The number of amides is 2. The Hall–Kier alpha value is -3.44. The van der Waals surface area contributed by atoms with Gasteiger partial charge in [-0.25, -0.2) is 18.0 Å². The molecule has 1 aliphatic carbocycles. The van der Waals surface area contributed by atoms with Crippen LogP contribution in [0, 0.1) is 0 Å². The number of fused-ring (bicyclic) bond motifs is 3. The lowest BCUT2D eigenvalue weighted by molar-refractivity contribution is -0.148. The summed E-state index contributed by atoms with van der Waals surface area (Å²) in [5.41, 5.74) is 4.17. The molecule has 3 N–H and O–H groups in total. The molecular formula is C24H28N2O8S. The Bertz CT molecular complexity index is 1150. The van der Waals surface area contributed by atoms with Crippen molar-refractivity contribution in [2.24, 2.45) is 0 Å². The number of hydrogen-bond donors (Lipinski definition) is 3. The maximum Gasteiger partial charge on any atom is 0.407 e. The molecule has 2 atom stereocenters. The predicted molar refractivity (Wildman–Crippen MR) is 128 cm³/mol. The zero-order valence-electron chi connectivity index (χ0n) is 19.4. The molecule has 10 nitrogen and oxygen atoms in total. The Balaban J connectivity index is 1.66. The predicted octanol–water partition coefficient (Wildman–Crippen LogP) is 1.54. The van der Waals surface area contributed by atoms with Gasteiger partial charge in [0.25, 0.3) is 0 Å². The molecule has 0 spiro atoms. The zero-order valence-corrected chi connectivity index (χ0v) is 20.2. The molecule has 0 aromatic heterocycles. The third-order valence-corrected chi connectivity index (χ3v) is 6.73. The molecule has 188 valence electrons. The number of carbonyl (C=O) groups is 3. The van der Waals surface area contributed by atoms with E-state index in [1.54, 1.807) is 0 Å². The van der Waals surface area contributed by atoms with Crippen molar-refractivity contribution in [3.8, 4) is 11.1 Å². The van der Waals surface area contributed by atoms with Crippen LogP contribution in [0.1, 0.15) is 23.5 Å². The van der Waals surface area contributed by atoms with Crippen molar-refractivity contribution in [1.82, 2.24) is 10.6 Å². The van der Waals surface area contributed by atoms with Crippen LogP contribution in [0.4, 0.5) is 4.79 Å². The number of rotatable bonds is 11. The van der Waals surface area contributed by atoms with E-state index in [1.807, 2.05) is 48.5 Å². The van der Waals surface area contributed by atoms with Crippen LogP contribution in [0.3, 0.4) is 0 Å². The summed E-state index contributed by atoms with van der Waals surface area (Å²) in [5.74, 6) is -2.56. The number of carboxylic acids is 1. The lowest BCUT2D eigenvalue weighted by atomic mass is 9.98. The molecule has 0 fully saturated rings. The van der Waals surface area contributed by atoms with Crippen LogP contribution >= 0.6 is 0 Å². The monoisotopic (exact) mass is 504 g/mol. The minimum absolute atomic E-state index is 0.0189. The van der Waals surface area contributed by atoms with Crippen LogP contribution in [0.15, 0.2) is 48.5 Å². The summed E-state index contributed by atoms with van der Waals surface area (Å²) >= 11 is 0. The quantitative estimate of drug-likeness (QED) is 0.417. The summed E-state index contributed by atoms with van der Waals surface area (Å²) in [6.45, 7) is -0.336. The summed E-state index contributed by atoms with van der Waals surface area (Å²) in [6.07, 6.45) is -1.37. The summed E-state index contributed by atoms with van der Waals surface area (Å²) in [5, 5.41) is 13.8. The third-order valence-electron chi connectivity index (χ3n) is 5.75. The number of methoxy groups -OCH3 is 1. The van der Waals surface area contributed by atoms with Gasteiger partial charge in [-0.05, 0) is 28.7 Å². The maximum absolute atomic E-state index is 12.6. The molecule has 11 heteroatoms. The fourth-order valence-corrected chi connectivity index (χ4v) is 4.63. The SMILES string of the molecule is COC(CNC(=O)C(CCS(C)(=O)=O)NC(=O)OCC1c2ccccc2-c2ccccc21)C(=O)O. The number of aliphatic carboxylic acids is 1. The lowest BCUT2D eigenvalue weighted by Crippen LogP contribution is -2.50. The largest absolute Gasteiger partial charge is 0.479 e. The molecule has 0 heterocycles. The van der Waals surface area contributed by atoms with Crippen LogP contribution < -0.4 is 10.6 Å². The number of carbonyl (C=O) groups excluding carboxylic acids is 2. The van der Waals surface area contributed by atoms with E-state index >= 15 is 0 Å². The molecule has 2 unspecified atom stereocenters. The van der Waals surface area contributed by atoms with Crippen LogP contribution in [0.5, 0.6) is 0 Å². The molecular weight excluding hydrogens is 476 g/mol. The van der Waals surface area contributed by atoms with Gasteiger partial charge in [-0.1, -0.05) is 48.5 Å². The smallest absolute Gasteiger partial charge is 0.407 e. The first-order valence-corrected chi connectivity index (χ1v) is 13.0. The normalized spacial score (nSPS) is 14.3. The van der Waals surface area contributed by atoms with Gasteiger partial charge in [0.2, 0.25) is 5.91 Å². The molecule has 2 aromatic rings. The highest BCUT2D eigenvalue weighted by Crippen LogP contribution is 2.44. The second-order valence-electron chi connectivity index (χ2n) is 8.25. The molecule has 0 aliphatic heterocycles. The average molecular weight is 505 g/mol. The number of alkyl carbamates (subject to hydrolysis) is 1. The van der Waals surface area contributed by atoms with Crippen molar-refractivity contribution in [2.75, 3.05) is 32.3 Å². The molecule has 1 aliphatic rings. The second kappa shape index (κ2) is 11.3. The summed E-state index contributed by atoms with van der Waals surface area (Å²) in [4.78, 5) is 36.3. The molecule has 0 radical (unpaired) electrons. The fourth-order valence-electron chi connectivity index (χ4n) is 3.97. The highest BCUT2D eigenvalue weighted by atomic mass is 32.2. The highest BCUT2D eigenvalue weighted by Gasteiger charge is 2.30. The highest BCUT2D eigenvalue weighted by molar-refractivity contribution is 7.90. The van der Waals surface area contributed by atoms with Crippen molar-refractivity contribution in [2.45, 2.75) is 24.5 Å². The Morgan fingerprint density at radius 2 is 1.60 bits per heavy atom. The van der Waals surface area contributed by atoms with Gasteiger partial charge in [0, 0.05) is 19.3 Å². The number of benzene rings is 2. The van der Waals surface area contributed by atoms with Crippen LogP contribution in [-0.4, -0.2) is 75.9 Å². The van der Waals surface area contributed by atoms with Gasteiger partial charge in [-0.15, -0.1) is 0 Å². The first-order chi connectivity index (χ1) is 16.6. The number of hydrogen-bond acceptors (Lipinski definition) is 7. The third kappa shape index (κ3) is 6.80. The fraction of sp³-hybridized carbons (Fsp3) is 0.375. The Labute approximate surface area is 203 Å². The van der Waals surface area contributed by atoms with E-state index in [4.69, 9.17) is 14.6 Å². The van der Waals surface area contributed by atoms with Crippen LogP contribution in [0.2, 0.25) is 0 Å². The molecule has 0 saturated heterocycles. The average Bonchev–Trinajstić information content (AvgIpc) is 3.13. The summed E-state index contributed by atoms with van der Waals surface area (Å²) in [7, 11) is -2.24. The van der Waals surface area contributed by atoms with E-state index < -0.39 is 40.0 Å². The molecule has 2 amide bonds. The van der Waals surface area contributed by atoms with E-state index in [0.29, 0.717) is 0 Å². The zero-order chi connectivity index (χ0) is 25.6. The van der Waals surface area contributed by atoms with E-state index in [-0.39, 0.29) is 31.2 Å².